The first-order valence-electron chi connectivity index (χ1n) is 8.34. The number of amides is 1. The fourth-order valence-electron chi connectivity index (χ4n) is 3.61. The molecule has 1 saturated heterocycles. The van der Waals surface area contributed by atoms with E-state index in [9.17, 15) is 4.79 Å². The molecule has 0 bridgehead atoms. The van der Waals surface area contributed by atoms with Crippen molar-refractivity contribution in [1.82, 2.24) is 14.7 Å². The summed E-state index contributed by atoms with van der Waals surface area (Å²) in [5.41, 5.74) is 1.32. The van der Waals surface area contributed by atoms with Gasteiger partial charge in [0.15, 0.2) is 0 Å². The SMILES string of the molecule is O=C([C@@H]1Cc2ccccc2S1)N1CCCC[C@H]1Cn1cccn1. The number of nitrogens with zero attached hydrogens (tertiary/aromatic N) is 3. The molecule has 0 unspecified atom stereocenters. The topological polar surface area (TPSA) is 38.1 Å². The summed E-state index contributed by atoms with van der Waals surface area (Å²) in [6.45, 7) is 1.70. The van der Waals surface area contributed by atoms with Gasteiger partial charge in [0.05, 0.1) is 17.8 Å². The second-order valence-corrected chi connectivity index (χ2v) is 7.57. The van der Waals surface area contributed by atoms with Crippen LogP contribution in [-0.2, 0) is 17.8 Å². The molecule has 0 saturated carbocycles. The summed E-state index contributed by atoms with van der Waals surface area (Å²) in [6.07, 6.45) is 8.05. The normalized spacial score (nSPS) is 23.7. The van der Waals surface area contributed by atoms with Crippen molar-refractivity contribution >= 4 is 17.7 Å². The van der Waals surface area contributed by atoms with Crippen LogP contribution in [0, 0.1) is 0 Å². The van der Waals surface area contributed by atoms with Crippen LogP contribution in [0.4, 0.5) is 0 Å². The van der Waals surface area contributed by atoms with Crippen molar-refractivity contribution < 1.29 is 4.79 Å². The first-order chi connectivity index (χ1) is 11.3. The van der Waals surface area contributed by atoms with Gasteiger partial charge >= 0.3 is 0 Å². The van der Waals surface area contributed by atoms with Crippen molar-refractivity contribution in [2.24, 2.45) is 0 Å². The highest BCUT2D eigenvalue weighted by atomic mass is 32.2. The van der Waals surface area contributed by atoms with Crippen LogP contribution in [0.25, 0.3) is 0 Å². The molecule has 1 amide bonds. The van der Waals surface area contributed by atoms with Gasteiger partial charge in [0, 0.05) is 23.8 Å². The summed E-state index contributed by atoms with van der Waals surface area (Å²) in [4.78, 5) is 16.5. The van der Waals surface area contributed by atoms with E-state index in [2.05, 4.69) is 34.3 Å². The molecule has 1 fully saturated rings. The molecular weight excluding hydrogens is 306 g/mol. The molecule has 23 heavy (non-hydrogen) atoms. The molecule has 2 aliphatic rings. The number of aromatic nitrogens is 2. The third-order valence-corrected chi connectivity index (χ3v) is 6.09. The Labute approximate surface area is 140 Å². The van der Waals surface area contributed by atoms with Gasteiger partial charge in [0.1, 0.15) is 0 Å². The predicted molar refractivity (Wildman–Crippen MR) is 91.4 cm³/mol. The van der Waals surface area contributed by atoms with E-state index in [4.69, 9.17) is 0 Å². The molecule has 0 aliphatic carbocycles. The Balaban J connectivity index is 1.48. The zero-order valence-corrected chi connectivity index (χ0v) is 13.9. The van der Waals surface area contributed by atoms with Gasteiger partial charge in [-0.1, -0.05) is 18.2 Å². The number of hydrogen-bond acceptors (Lipinski definition) is 3. The number of piperidine rings is 1. The number of carbonyl (C=O) groups is 1. The first-order valence-corrected chi connectivity index (χ1v) is 9.22. The van der Waals surface area contributed by atoms with Gasteiger partial charge in [-0.05, 0) is 43.4 Å². The lowest BCUT2D eigenvalue weighted by Crippen LogP contribution is -2.49. The molecule has 3 heterocycles. The largest absolute Gasteiger partial charge is 0.337 e. The number of likely N-dealkylation sites (tertiary alicyclic amines) is 1. The van der Waals surface area contributed by atoms with Crippen molar-refractivity contribution in [3.05, 3.63) is 48.3 Å². The van der Waals surface area contributed by atoms with Gasteiger partial charge < -0.3 is 4.90 Å². The smallest absolute Gasteiger partial charge is 0.236 e. The van der Waals surface area contributed by atoms with Crippen LogP contribution in [0.15, 0.2) is 47.6 Å². The molecule has 0 spiro atoms. The van der Waals surface area contributed by atoms with Crippen LogP contribution in [0.2, 0.25) is 0 Å². The van der Waals surface area contributed by atoms with Crippen molar-refractivity contribution in [1.29, 1.82) is 0 Å². The number of rotatable bonds is 3. The van der Waals surface area contributed by atoms with E-state index < -0.39 is 0 Å². The maximum absolute atomic E-state index is 13.1. The number of hydrogen-bond donors (Lipinski definition) is 0. The summed E-state index contributed by atoms with van der Waals surface area (Å²) < 4.78 is 1.95. The molecule has 4 rings (SSSR count). The Morgan fingerprint density at radius 1 is 1.26 bits per heavy atom. The maximum atomic E-state index is 13.1. The van der Waals surface area contributed by atoms with Crippen molar-refractivity contribution in [2.45, 2.75) is 48.4 Å². The fourth-order valence-corrected chi connectivity index (χ4v) is 4.88. The molecule has 2 aliphatic heterocycles. The van der Waals surface area contributed by atoms with Crippen LogP contribution >= 0.6 is 11.8 Å². The minimum atomic E-state index is 0.0469. The molecule has 0 radical (unpaired) electrons. The fraction of sp³-hybridized carbons (Fsp3) is 0.444. The molecular formula is C18H21N3OS. The Bertz CT molecular complexity index is 660. The standard InChI is InChI=1S/C18H21N3OS/c22-18(17-12-14-6-1-2-8-16(14)23-17)21-11-4-3-7-15(21)13-20-10-5-9-19-20/h1-2,5-6,8-10,15,17H,3-4,7,11-13H2/t15-,17-/m0/s1. The van der Waals surface area contributed by atoms with E-state index >= 15 is 0 Å². The highest BCUT2D eigenvalue weighted by Gasteiger charge is 2.35. The van der Waals surface area contributed by atoms with E-state index in [1.165, 1.54) is 16.9 Å². The lowest BCUT2D eigenvalue weighted by Gasteiger charge is -2.37. The summed E-state index contributed by atoms with van der Waals surface area (Å²) in [6, 6.07) is 10.6. The van der Waals surface area contributed by atoms with E-state index in [1.54, 1.807) is 18.0 Å². The van der Waals surface area contributed by atoms with Gasteiger partial charge in [-0.3, -0.25) is 9.48 Å². The maximum Gasteiger partial charge on any atom is 0.236 e. The van der Waals surface area contributed by atoms with Gasteiger partial charge in [-0.2, -0.15) is 5.10 Å². The molecule has 4 nitrogen and oxygen atoms in total. The van der Waals surface area contributed by atoms with E-state index in [0.29, 0.717) is 5.91 Å². The summed E-state index contributed by atoms with van der Waals surface area (Å²) in [7, 11) is 0. The third-order valence-electron chi connectivity index (χ3n) is 4.79. The average Bonchev–Trinajstić information content (AvgIpc) is 3.23. The van der Waals surface area contributed by atoms with Crippen LogP contribution in [0.1, 0.15) is 24.8 Å². The Morgan fingerprint density at radius 2 is 2.17 bits per heavy atom. The van der Waals surface area contributed by atoms with Crippen LogP contribution in [0.5, 0.6) is 0 Å². The summed E-state index contributed by atoms with van der Waals surface area (Å²) >= 11 is 1.73. The van der Waals surface area contributed by atoms with Crippen LogP contribution in [0.3, 0.4) is 0 Å². The average molecular weight is 327 g/mol. The molecule has 0 N–H and O–H groups in total. The highest BCUT2D eigenvalue weighted by molar-refractivity contribution is 8.01. The molecule has 5 heteroatoms. The zero-order chi connectivity index (χ0) is 15.6. The lowest BCUT2D eigenvalue weighted by molar-refractivity contribution is -0.134. The molecule has 2 aromatic rings. The highest BCUT2D eigenvalue weighted by Crippen LogP contribution is 2.38. The van der Waals surface area contributed by atoms with E-state index in [0.717, 1.165) is 32.4 Å². The number of fused-ring (bicyclic) bond motifs is 1. The van der Waals surface area contributed by atoms with Crippen molar-refractivity contribution in [3.63, 3.8) is 0 Å². The quantitative estimate of drug-likeness (QED) is 0.870. The van der Waals surface area contributed by atoms with Crippen LogP contribution < -0.4 is 0 Å². The monoisotopic (exact) mass is 327 g/mol. The van der Waals surface area contributed by atoms with Gasteiger partial charge in [-0.15, -0.1) is 11.8 Å². The zero-order valence-electron chi connectivity index (χ0n) is 13.1. The van der Waals surface area contributed by atoms with Crippen molar-refractivity contribution in [3.8, 4) is 0 Å². The Morgan fingerprint density at radius 3 is 3.00 bits per heavy atom. The Kier molecular flexibility index (Phi) is 4.12. The second kappa shape index (κ2) is 6.40. The van der Waals surface area contributed by atoms with E-state index in [1.807, 2.05) is 16.9 Å². The number of benzene rings is 1. The van der Waals surface area contributed by atoms with Crippen molar-refractivity contribution in [2.75, 3.05) is 6.54 Å². The summed E-state index contributed by atoms with van der Waals surface area (Å²) in [5, 5.41) is 4.35. The van der Waals surface area contributed by atoms with E-state index in [-0.39, 0.29) is 11.3 Å². The first kappa shape index (κ1) is 14.8. The van der Waals surface area contributed by atoms with Gasteiger partial charge in [-0.25, -0.2) is 0 Å². The lowest BCUT2D eigenvalue weighted by atomic mass is 10.0. The van der Waals surface area contributed by atoms with Crippen LogP contribution in [-0.4, -0.2) is 38.4 Å². The molecule has 1 aromatic heterocycles. The predicted octanol–water partition coefficient (Wildman–Crippen LogP) is 2.98. The minimum absolute atomic E-state index is 0.0469. The third kappa shape index (κ3) is 3.02. The Hall–Kier alpha value is -1.75. The van der Waals surface area contributed by atoms with Gasteiger partial charge in [0.2, 0.25) is 5.91 Å². The number of thioether (sulfide) groups is 1. The number of carbonyl (C=O) groups excluding carboxylic acids is 1. The molecule has 120 valence electrons. The minimum Gasteiger partial charge on any atom is -0.337 e. The summed E-state index contributed by atoms with van der Waals surface area (Å²) in [5.74, 6) is 0.308. The van der Waals surface area contributed by atoms with Gasteiger partial charge in [0.25, 0.3) is 0 Å². The molecule has 2 atom stereocenters. The second-order valence-electron chi connectivity index (χ2n) is 6.33. The molecule has 1 aromatic carbocycles.